The zero-order chi connectivity index (χ0) is 23.2. The van der Waals surface area contributed by atoms with Crippen LogP contribution in [-0.4, -0.2) is 60.1 Å². The summed E-state index contributed by atoms with van der Waals surface area (Å²) in [6, 6.07) is 13.5. The average molecular weight is 470 g/mol. The van der Waals surface area contributed by atoms with Crippen molar-refractivity contribution in [3.8, 4) is 11.4 Å². The molecule has 3 aromatic rings. The third-order valence-electron chi connectivity index (χ3n) is 5.26. The van der Waals surface area contributed by atoms with E-state index in [1.807, 2.05) is 56.3 Å². The lowest BCUT2D eigenvalue weighted by Crippen LogP contribution is -2.14. The van der Waals surface area contributed by atoms with E-state index < -0.39 is 0 Å². The molecular weight excluding hydrogens is 442 g/mol. The number of nitrogens with zero attached hydrogens (tertiary/aromatic N) is 4. The second-order valence-corrected chi connectivity index (χ2v) is 8.08. The minimum atomic E-state index is -0.163. The Bertz CT molecular complexity index is 1110. The van der Waals surface area contributed by atoms with Crippen molar-refractivity contribution >= 4 is 17.3 Å². The Morgan fingerprint density at radius 1 is 0.970 bits per heavy atom. The maximum Gasteiger partial charge on any atom is 0.162 e. The summed E-state index contributed by atoms with van der Waals surface area (Å²) in [5.74, 6) is 2.35. The van der Waals surface area contributed by atoms with Gasteiger partial charge in [0.15, 0.2) is 5.82 Å². The van der Waals surface area contributed by atoms with E-state index in [2.05, 4.69) is 14.8 Å². The number of aromatic nitrogens is 3. The first-order valence-electron chi connectivity index (χ1n) is 11.0. The van der Waals surface area contributed by atoms with Crippen LogP contribution in [0.25, 0.3) is 5.69 Å². The Balaban J connectivity index is 1.58. The van der Waals surface area contributed by atoms with Crippen molar-refractivity contribution in [3.63, 3.8) is 0 Å². The van der Waals surface area contributed by atoms with Crippen molar-refractivity contribution in [2.75, 3.05) is 39.6 Å². The van der Waals surface area contributed by atoms with Crippen molar-refractivity contribution in [3.05, 3.63) is 70.3 Å². The predicted molar refractivity (Wildman–Crippen MR) is 128 cm³/mol. The van der Waals surface area contributed by atoms with Crippen LogP contribution in [0, 0.1) is 6.92 Å². The van der Waals surface area contributed by atoms with Crippen LogP contribution in [0.15, 0.2) is 47.5 Å². The van der Waals surface area contributed by atoms with Crippen LogP contribution in [0.2, 0.25) is 5.02 Å². The molecule has 0 saturated heterocycles. The zero-order valence-electron chi connectivity index (χ0n) is 18.8. The second kappa shape index (κ2) is 10.9. The van der Waals surface area contributed by atoms with Crippen molar-refractivity contribution in [2.45, 2.75) is 19.9 Å². The van der Waals surface area contributed by atoms with E-state index in [4.69, 9.17) is 36.5 Å². The molecule has 2 aromatic carbocycles. The number of ether oxygens (including phenoxy) is 3. The molecule has 0 saturated carbocycles. The number of rotatable bonds is 10. The SMILES string of the molecule is Cc1nnc2n1-c1ccc(OCCOCCOCCN)cc1C(c1ccc(Cl)cc1)=NC2C. The molecular formula is C24H28ClN5O3. The first-order valence-corrected chi connectivity index (χ1v) is 11.3. The van der Waals surface area contributed by atoms with E-state index in [0.29, 0.717) is 44.6 Å². The molecule has 1 aliphatic heterocycles. The van der Waals surface area contributed by atoms with Crippen molar-refractivity contribution in [1.82, 2.24) is 14.8 Å². The number of halogens is 1. The summed E-state index contributed by atoms with van der Waals surface area (Å²) in [6.45, 7) is 6.94. The third kappa shape index (κ3) is 5.42. The Morgan fingerprint density at radius 3 is 2.45 bits per heavy atom. The van der Waals surface area contributed by atoms with Crippen LogP contribution >= 0.6 is 11.6 Å². The van der Waals surface area contributed by atoms with Crippen LogP contribution in [0.4, 0.5) is 0 Å². The number of benzene rings is 2. The van der Waals surface area contributed by atoms with Crippen LogP contribution < -0.4 is 10.5 Å². The molecule has 0 fully saturated rings. The Morgan fingerprint density at radius 2 is 1.70 bits per heavy atom. The molecule has 1 unspecified atom stereocenters. The molecule has 0 bridgehead atoms. The van der Waals surface area contributed by atoms with E-state index >= 15 is 0 Å². The van der Waals surface area contributed by atoms with Crippen LogP contribution in [-0.2, 0) is 9.47 Å². The third-order valence-corrected chi connectivity index (χ3v) is 5.51. The molecule has 1 aromatic heterocycles. The summed E-state index contributed by atoms with van der Waals surface area (Å²) in [4.78, 5) is 5.01. The molecule has 8 nitrogen and oxygen atoms in total. The van der Waals surface area contributed by atoms with Crippen LogP contribution in [0.5, 0.6) is 5.75 Å². The number of aliphatic imine (C=N–C) groups is 1. The van der Waals surface area contributed by atoms with Crippen LogP contribution in [0.1, 0.15) is 35.7 Å². The van der Waals surface area contributed by atoms with E-state index in [1.54, 1.807) is 0 Å². The van der Waals surface area contributed by atoms with E-state index in [9.17, 15) is 0 Å². The Hall–Kier alpha value is -2.78. The minimum Gasteiger partial charge on any atom is -0.491 e. The highest BCUT2D eigenvalue weighted by atomic mass is 35.5. The summed E-state index contributed by atoms with van der Waals surface area (Å²) in [5.41, 5.74) is 9.14. The molecule has 33 heavy (non-hydrogen) atoms. The van der Waals surface area contributed by atoms with Crippen molar-refractivity contribution in [1.29, 1.82) is 0 Å². The standard InChI is InChI=1S/C24H28ClN5O3/c1-16-24-29-28-17(2)30(24)22-8-7-20(33-14-13-32-12-11-31-10-9-26)15-21(22)23(27-16)18-3-5-19(25)6-4-18/h3-8,15-16H,9-14,26H2,1-2H3. The first-order chi connectivity index (χ1) is 16.1. The maximum atomic E-state index is 6.12. The number of fused-ring (bicyclic) bond motifs is 3. The van der Waals surface area contributed by atoms with Gasteiger partial charge in [-0.3, -0.25) is 9.56 Å². The van der Waals surface area contributed by atoms with Gasteiger partial charge in [0.25, 0.3) is 0 Å². The van der Waals surface area contributed by atoms with Gasteiger partial charge in [0.1, 0.15) is 24.2 Å². The van der Waals surface area contributed by atoms with Crippen molar-refractivity contribution < 1.29 is 14.2 Å². The topological polar surface area (TPSA) is 96.8 Å². The lowest BCUT2D eigenvalue weighted by molar-refractivity contribution is 0.0388. The quantitative estimate of drug-likeness (QED) is 0.456. The molecule has 0 aliphatic carbocycles. The van der Waals surface area contributed by atoms with E-state index in [0.717, 1.165) is 39.9 Å². The van der Waals surface area contributed by atoms with Crippen molar-refractivity contribution in [2.24, 2.45) is 10.7 Å². The smallest absolute Gasteiger partial charge is 0.162 e. The molecule has 1 aliphatic rings. The zero-order valence-corrected chi connectivity index (χ0v) is 19.6. The lowest BCUT2D eigenvalue weighted by atomic mass is 10.00. The predicted octanol–water partition coefficient (Wildman–Crippen LogP) is 3.51. The van der Waals surface area contributed by atoms with Gasteiger partial charge in [0.2, 0.25) is 0 Å². The number of hydrogen-bond donors (Lipinski definition) is 1. The van der Waals surface area contributed by atoms with Gasteiger partial charge in [-0.1, -0.05) is 23.7 Å². The molecule has 4 rings (SSSR count). The van der Waals surface area contributed by atoms with Gasteiger partial charge in [-0.25, -0.2) is 0 Å². The van der Waals surface area contributed by atoms with Gasteiger partial charge in [-0.15, -0.1) is 10.2 Å². The Labute approximate surface area is 198 Å². The number of aryl methyl sites for hydroxylation is 1. The number of nitrogens with two attached hydrogens (primary N) is 1. The number of hydrogen-bond acceptors (Lipinski definition) is 7. The molecule has 1 atom stereocenters. The van der Waals surface area contributed by atoms with Gasteiger partial charge >= 0.3 is 0 Å². The monoisotopic (exact) mass is 469 g/mol. The summed E-state index contributed by atoms with van der Waals surface area (Å²) in [7, 11) is 0. The fourth-order valence-corrected chi connectivity index (χ4v) is 3.84. The normalized spacial score (nSPS) is 14.9. The minimum absolute atomic E-state index is 0.163. The summed E-state index contributed by atoms with van der Waals surface area (Å²) in [5, 5.41) is 9.34. The first kappa shape index (κ1) is 23.4. The Kier molecular flexibility index (Phi) is 7.72. The fourth-order valence-electron chi connectivity index (χ4n) is 3.72. The van der Waals surface area contributed by atoms with Gasteiger partial charge in [-0.05, 0) is 44.2 Å². The second-order valence-electron chi connectivity index (χ2n) is 7.64. The molecule has 0 radical (unpaired) electrons. The van der Waals surface area contributed by atoms with Gasteiger partial charge < -0.3 is 19.9 Å². The molecule has 2 N–H and O–H groups in total. The summed E-state index contributed by atoms with van der Waals surface area (Å²) >= 11 is 6.12. The maximum absolute atomic E-state index is 6.12. The largest absolute Gasteiger partial charge is 0.491 e. The highest BCUT2D eigenvalue weighted by Gasteiger charge is 2.26. The van der Waals surface area contributed by atoms with E-state index in [-0.39, 0.29) is 6.04 Å². The highest BCUT2D eigenvalue weighted by Crippen LogP contribution is 2.32. The van der Waals surface area contributed by atoms with Gasteiger partial charge in [0.05, 0.1) is 37.8 Å². The highest BCUT2D eigenvalue weighted by molar-refractivity contribution is 6.30. The fraction of sp³-hybridized carbons (Fsp3) is 0.375. The van der Waals surface area contributed by atoms with Gasteiger partial charge in [0, 0.05) is 22.7 Å². The summed E-state index contributed by atoms with van der Waals surface area (Å²) < 4.78 is 18.9. The van der Waals surface area contributed by atoms with Crippen LogP contribution in [0.3, 0.4) is 0 Å². The molecule has 174 valence electrons. The molecule has 0 amide bonds. The molecule has 0 spiro atoms. The van der Waals surface area contributed by atoms with Gasteiger partial charge in [-0.2, -0.15) is 0 Å². The lowest BCUT2D eigenvalue weighted by Gasteiger charge is -2.15. The molecule has 9 heteroatoms. The molecule has 2 heterocycles. The average Bonchev–Trinajstić information content (AvgIpc) is 3.15. The van der Waals surface area contributed by atoms with E-state index in [1.165, 1.54) is 0 Å². The summed E-state index contributed by atoms with van der Waals surface area (Å²) in [6.07, 6.45) is 0.